The first-order valence-electron chi connectivity index (χ1n) is 21.4. The van der Waals surface area contributed by atoms with Gasteiger partial charge in [-0.15, -0.1) is 0 Å². The minimum Gasteiger partial charge on any atom is -0.455 e. The molecule has 4 aliphatic rings. The van der Waals surface area contributed by atoms with E-state index in [1.807, 2.05) is 0 Å². The maximum atomic E-state index is 15.6. The molecule has 65 heavy (non-hydrogen) atoms. The Kier molecular flexibility index (Phi) is 12.7. The fraction of sp³-hybridized carbons (Fsp3) is 0.449. The zero-order valence-corrected chi connectivity index (χ0v) is 37.1. The van der Waals surface area contributed by atoms with Crippen LogP contribution in [0.1, 0.15) is 93.6 Å². The van der Waals surface area contributed by atoms with Crippen molar-refractivity contribution < 1.29 is 72.2 Å². The van der Waals surface area contributed by atoms with Crippen molar-refractivity contribution in [2.45, 2.75) is 115 Å². The van der Waals surface area contributed by atoms with Crippen molar-refractivity contribution in [1.82, 2.24) is 5.32 Å². The Morgan fingerprint density at radius 1 is 0.785 bits per heavy atom. The molecule has 344 valence electrons. The lowest BCUT2D eigenvalue weighted by Gasteiger charge is -2.67. The highest BCUT2D eigenvalue weighted by molar-refractivity contribution is 5.96. The Bertz CT molecular complexity index is 2400. The van der Waals surface area contributed by atoms with E-state index in [0.29, 0.717) is 5.56 Å². The number of esters is 5. The maximum Gasteiger partial charge on any atom is 0.350 e. The SMILES string of the molecule is CC(=O)O[C@H]1C(=O)[C@@]2(C)[C@H]([C@H](OC(=O)c3ccccc3)[C@]3(O)CC(OC(=O)[C@H](OC(C)=O)C(NC(=O)c4ccccc4)c4ccccc4)C(C)=C1C3(C)C)[C@]1(OC(C)=O)CO[C@@H]1C[C@@H]2O. The van der Waals surface area contributed by atoms with Crippen LogP contribution in [0.2, 0.25) is 0 Å². The molecule has 3 aromatic rings. The molecule has 1 aliphatic heterocycles. The van der Waals surface area contributed by atoms with Gasteiger partial charge in [-0.3, -0.25) is 24.0 Å². The van der Waals surface area contributed by atoms with Crippen LogP contribution in [0.15, 0.2) is 102 Å². The summed E-state index contributed by atoms with van der Waals surface area (Å²) < 4.78 is 36.2. The number of nitrogens with one attached hydrogen (secondary N) is 1. The number of Topliss-reactive ketones (excluding diaryl/α,β-unsaturated/α-hetero) is 1. The van der Waals surface area contributed by atoms with Crippen LogP contribution < -0.4 is 5.32 Å². The Morgan fingerprint density at radius 3 is 1.91 bits per heavy atom. The Hall–Kier alpha value is -6.23. The number of amides is 1. The van der Waals surface area contributed by atoms with Gasteiger partial charge in [0.1, 0.15) is 30.0 Å². The molecular weight excluding hydrogens is 843 g/mol. The molecule has 2 unspecified atom stereocenters. The summed E-state index contributed by atoms with van der Waals surface area (Å²) in [4.78, 5) is 97.4. The minimum absolute atomic E-state index is 0.0218. The number of rotatable bonds is 11. The van der Waals surface area contributed by atoms with Crippen LogP contribution >= 0.6 is 0 Å². The standard InChI is InChI=1S/C49H53NO15/c1-26-33(63-45(58)39(62-28(3)52)37(30-17-11-8-12-18-30)50-43(56)31-19-13-9-14-20-31)24-49(59)42(64-44(57)32-21-15-10-16-22-32)40-47(7,34(54)23-35-48(40,25-60-35)65-29(4)53)41(55)38(61-27(2)51)36(26)46(49,5)6/h8-22,33-35,37-40,42,54,59H,23-25H2,1-7H3,(H,50,56)/t33?,34-,35+,37?,38+,39+,40-,42-,47+,48-,49+/m0/s1. The molecule has 1 heterocycles. The Labute approximate surface area is 375 Å². The number of fused-ring (bicyclic) bond motifs is 5. The second-order valence-electron chi connectivity index (χ2n) is 17.9. The topological polar surface area (TPSA) is 227 Å². The maximum absolute atomic E-state index is 15.6. The van der Waals surface area contributed by atoms with Gasteiger partial charge in [0.15, 0.2) is 17.5 Å². The largest absolute Gasteiger partial charge is 0.455 e. The number of aliphatic hydroxyl groups is 2. The molecular formula is C49H53NO15. The van der Waals surface area contributed by atoms with Crippen LogP contribution in [0.4, 0.5) is 0 Å². The zero-order valence-electron chi connectivity index (χ0n) is 37.1. The number of aliphatic hydroxyl groups excluding tert-OH is 1. The molecule has 16 heteroatoms. The second kappa shape index (κ2) is 17.6. The molecule has 0 radical (unpaired) electrons. The third-order valence-corrected chi connectivity index (χ3v) is 13.8. The minimum atomic E-state index is -2.43. The number of benzene rings is 3. The van der Waals surface area contributed by atoms with Gasteiger partial charge in [0, 0.05) is 44.6 Å². The number of ether oxygens (including phenoxy) is 6. The van der Waals surface area contributed by atoms with E-state index in [2.05, 4.69) is 5.32 Å². The van der Waals surface area contributed by atoms with Crippen molar-refractivity contribution >= 4 is 41.5 Å². The molecule has 1 amide bonds. The van der Waals surface area contributed by atoms with E-state index >= 15 is 4.79 Å². The number of ketones is 1. The summed E-state index contributed by atoms with van der Waals surface area (Å²) >= 11 is 0. The number of hydrogen-bond donors (Lipinski definition) is 3. The van der Waals surface area contributed by atoms with E-state index in [9.17, 15) is 39.0 Å². The summed E-state index contributed by atoms with van der Waals surface area (Å²) in [5.74, 6) is -7.79. The molecule has 3 N–H and O–H groups in total. The molecule has 1 saturated heterocycles. The van der Waals surface area contributed by atoms with Crippen LogP contribution in [0.5, 0.6) is 0 Å². The van der Waals surface area contributed by atoms with Crippen LogP contribution in [0, 0.1) is 16.7 Å². The summed E-state index contributed by atoms with van der Waals surface area (Å²) in [6, 6.07) is 22.9. The lowest BCUT2D eigenvalue weighted by molar-refractivity contribution is -0.346. The predicted molar refractivity (Wildman–Crippen MR) is 227 cm³/mol. The molecule has 0 spiro atoms. The third kappa shape index (κ3) is 8.12. The van der Waals surface area contributed by atoms with Crippen LogP contribution in [-0.4, -0.2) is 106 Å². The van der Waals surface area contributed by atoms with Gasteiger partial charge in [-0.05, 0) is 54.8 Å². The molecule has 0 aromatic heterocycles. The average molecular weight is 896 g/mol. The van der Waals surface area contributed by atoms with Gasteiger partial charge in [-0.2, -0.15) is 0 Å². The van der Waals surface area contributed by atoms with Crippen LogP contribution in [0.25, 0.3) is 0 Å². The highest BCUT2D eigenvalue weighted by Crippen LogP contribution is 2.64. The first-order valence-corrected chi connectivity index (χ1v) is 21.4. The van der Waals surface area contributed by atoms with Crippen molar-refractivity contribution in [3.63, 3.8) is 0 Å². The van der Waals surface area contributed by atoms with E-state index in [1.165, 1.54) is 26.0 Å². The molecule has 3 aromatic carbocycles. The van der Waals surface area contributed by atoms with Crippen molar-refractivity contribution in [3.8, 4) is 0 Å². The Morgan fingerprint density at radius 2 is 1.37 bits per heavy atom. The monoisotopic (exact) mass is 895 g/mol. The Balaban J connectivity index is 1.42. The molecule has 16 nitrogen and oxygen atoms in total. The number of carbonyl (C=O) groups is 7. The van der Waals surface area contributed by atoms with Gasteiger partial charge < -0.3 is 44.0 Å². The normalized spacial score (nSPS) is 30.8. The molecule has 2 bridgehead atoms. The molecule has 3 fully saturated rings. The smallest absolute Gasteiger partial charge is 0.350 e. The summed E-state index contributed by atoms with van der Waals surface area (Å²) in [7, 11) is 0. The van der Waals surface area contributed by atoms with Gasteiger partial charge in [0.25, 0.3) is 5.91 Å². The van der Waals surface area contributed by atoms with E-state index in [0.717, 1.165) is 20.8 Å². The van der Waals surface area contributed by atoms with Gasteiger partial charge in [-0.25, -0.2) is 9.59 Å². The van der Waals surface area contributed by atoms with E-state index in [4.69, 9.17) is 28.4 Å². The molecule has 11 atom stereocenters. The van der Waals surface area contributed by atoms with Crippen molar-refractivity contribution in [2.75, 3.05) is 6.61 Å². The zero-order chi connectivity index (χ0) is 47.2. The lowest BCUT2D eigenvalue weighted by atomic mass is 9.44. The van der Waals surface area contributed by atoms with E-state index in [-0.39, 0.29) is 35.3 Å². The van der Waals surface area contributed by atoms with Crippen molar-refractivity contribution in [1.29, 1.82) is 0 Å². The van der Waals surface area contributed by atoms with Crippen molar-refractivity contribution in [3.05, 3.63) is 119 Å². The molecule has 7 rings (SSSR count). The first-order chi connectivity index (χ1) is 30.7. The van der Waals surface area contributed by atoms with E-state index < -0.39 is 119 Å². The van der Waals surface area contributed by atoms with Gasteiger partial charge in [-0.1, -0.05) is 80.6 Å². The van der Waals surface area contributed by atoms with Crippen LogP contribution in [0.3, 0.4) is 0 Å². The van der Waals surface area contributed by atoms with Crippen molar-refractivity contribution in [2.24, 2.45) is 16.7 Å². The molecule has 3 aliphatic carbocycles. The number of hydrogen-bond acceptors (Lipinski definition) is 15. The van der Waals surface area contributed by atoms with Gasteiger partial charge in [0.2, 0.25) is 6.10 Å². The summed E-state index contributed by atoms with van der Waals surface area (Å²) in [5.41, 5.74) is -7.20. The van der Waals surface area contributed by atoms with Gasteiger partial charge >= 0.3 is 29.8 Å². The average Bonchev–Trinajstić information content (AvgIpc) is 3.26. The fourth-order valence-electron chi connectivity index (χ4n) is 10.5. The quantitative estimate of drug-likeness (QED) is 0.139. The van der Waals surface area contributed by atoms with Crippen LogP contribution in [-0.2, 0) is 52.4 Å². The highest BCUT2D eigenvalue weighted by Gasteiger charge is 2.78. The summed E-state index contributed by atoms with van der Waals surface area (Å²) in [6.07, 6.45) is -10.5. The van der Waals surface area contributed by atoms with Gasteiger partial charge in [0.05, 0.1) is 29.6 Å². The summed E-state index contributed by atoms with van der Waals surface area (Å²) in [6.45, 7) is 8.99. The summed E-state index contributed by atoms with van der Waals surface area (Å²) in [5, 5.41) is 28.7. The van der Waals surface area contributed by atoms with E-state index in [1.54, 1.807) is 92.7 Å². The second-order valence-corrected chi connectivity index (χ2v) is 17.9. The third-order valence-electron chi connectivity index (χ3n) is 13.8. The first kappa shape index (κ1) is 46.8. The predicted octanol–water partition coefficient (Wildman–Crippen LogP) is 4.31. The number of carbonyl (C=O) groups excluding carboxylic acids is 7. The molecule has 2 saturated carbocycles. The lowest BCUT2D eigenvalue weighted by Crippen LogP contribution is -2.82. The highest BCUT2D eigenvalue weighted by atomic mass is 16.6. The fourth-order valence-corrected chi connectivity index (χ4v) is 10.5.